The first kappa shape index (κ1) is 6.52. The van der Waals surface area contributed by atoms with Crippen LogP contribution in [0.4, 0.5) is 4.79 Å². The Morgan fingerprint density at radius 3 is 2.75 bits per heavy atom. The number of hydrazine groups is 2. The van der Waals surface area contributed by atoms with Crippen LogP contribution in [-0.4, -0.2) is 6.03 Å². The van der Waals surface area contributed by atoms with E-state index in [9.17, 15) is 4.79 Å². The highest BCUT2D eigenvalue weighted by atomic mass is 16.2. The molecule has 0 radical (unpaired) electrons. The van der Waals surface area contributed by atoms with E-state index in [1.807, 2.05) is 10.9 Å². The number of nitriles is 1. The van der Waals surface area contributed by atoms with E-state index in [0.717, 1.165) is 0 Å². The van der Waals surface area contributed by atoms with Crippen LogP contribution in [0.5, 0.6) is 0 Å². The van der Waals surface area contributed by atoms with Crippen LogP contribution in [0, 0.1) is 11.5 Å². The number of nitrogens with zero attached hydrogens (tertiary/aromatic N) is 1. The Morgan fingerprint density at radius 1 is 1.75 bits per heavy atom. The Bertz CT molecular complexity index is 114. The van der Waals surface area contributed by atoms with Gasteiger partial charge in [-0.3, -0.25) is 5.43 Å². The molecule has 0 atom stereocenters. The van der Waals surface area contributed by atoms with Gasteiger partial charge in [-0.15, -0.1) is 0 Å². The lowest BCUT2D eigenvalue weighted by Crippen LogP contribution is -2.45. The molecular weight excluding hydrogens is 110 g/mol. The summed E-state index contributed by atoms with van der Waals surface area (Å²) in [7, 11) is 0. The molecule has 0 aromatic rings. The quantitative estimate of drug-likeness (QED) is 0.106. The molecule has 0 bridgehead atoms. The number of carbonyl (C=O) groups is 1. The van der Waals surface area contributed by atoms with Crippen LogP contribution in [0.15, 0.2) is 0 Å². The van der Waals surface area contributed by atoms with E-state index in [4.69, 9.17) is 5.26 Å². The molecule has 0 aromatic carbocycles. The summed E-state index contributed by atoms with van der Waals surface area (Å²) in [5, 5.41) is 7.77. The fourth-order valence-electron chi connectivity index (χ4n) is 0.121. The number of nitrogens with two attached hydrogens (primary N) is 1. The van der Waals surface area contributed by atoms with Crippen molar-refractivity contribution >= 4 is 6.03 Å². The first-order chi connectivity index (χ1) is 3.81. The van der Waals surface area contributed by atoms with E-state index in [-0.39, 0.29) is 0 Å². The predicted molar refractivity (Wildman–Crippen MR) is 24.6 cm³/mol. The highest BCUT2D eigenvalue weighted by molar-refractivity contribution is 5.72. The summed E-state index contributed by atoms with van der Waals surface area (Å²) in [6.07, 6.45) is 1.46. The van der Waals surface area contributed by atoms with Gasteiger partial charge < -0.3 is 0 Å². The molecule has 8 heavy (non-hydrogen) atoms. The van der Waals surface area contributed by atoms with Crippen molar-refractivity contribution in [3.8, 4) is 6.19 Å². The van der Waals surface area contributed by atoms with E-state index in [1.165, 1.54) is 6.19 Å². The first-order valence-corrected chi connectivity index (χ1v) is 1.72. The maximum atomic E-state index is 10.0. The largest absolute Gasteiger partial charge is 0.348 e. The molecule has 0 spiro atoms. The molecule has 6 heteroatoms. The number of hydrogen-bond donors (Lipinski definition) is 4. The van der Waals surface area contributed by atoms with E-state index >= 15 is 0 Å². The molecule has 0 fully saturated rings. The topological polar surface area (TPSA) is 103 Å². The van der Waals surface area contributed by atoms with Crippen molar-refractivity contribution in [3.05, 3.63) is 0 Å². The third-order valence-electron chi connectivity index (χ3n) is 0.363. The zero-order valence-electron chi connectivity index (χ0n) is 3.93. The number of amides is 2. The summed E-state index contributed by atoms with van der Waals surface area (Å²) < 4.78 is 0. The third kappa shape index (κ3) is 2.74. The standard InChI is InChI=1S/C2H5N5O/c3-1-5-7-2(8)6-4/h5H,4H2,(H2,6,7,8). The van der Waals surface area contributed by atoms with Gasteiger partial charge in [0.05, 0.1) is 0 Å². The van der Waals surface area contributed by atoms with Gasteiger partial charge in [-0.25, -0.2) is 21.5 Å². The van der Waals surface area contributed by atoms with E-state index in [1.54, 1.807) is 5.43 Å². The molecule has 6 nitrogen and oxygen atoms in total. The Hall–Kier alpha value is -1.48. The second-order valence-corrected chi connectivity index (χ2v) is 0.835. The molecule has 0 saturated heterocycles. The zero-order valence-corrected chi connectivity index (χ0v) is 3.93. The van der Waals surface area contributed by atoms with Gasteiger partial charge in [-0.05, 0) is 0 Å². The van der Waals surface area contributed by atoms with Gasteiger partial charge >= 0.3 is 6.03 Å². The number of nitrogens with one attached hydrogen (secondary N) is 3. The minimum absolute atomic E-state index is 0.661. The van der Waals surface area contributed by atoms with E-state index < -0.39 is 6.03 Å². The Kier molecular flexibility index (Phi) is 3.02. The Morgan fingerprint density at radius 2 is 2.38 bits per heavy atom. The molecule has 2 amide bonds. The van der Waals surface area contributed by atoms with Crippen molar-refractivity contribution in [3.63, 3.8) is 0 Å². The average molecular weight is 115 g/mol. The van der Waals surface area contributed by atoms with Crippen molar-refractivity contribution in [1.82, 2.24) is 16.3 Å². The maximum absolute atomic E-state index is 10.0. The van der Waals surface area contributed by atoms with Gasteiger partial charge in [0.25, 0.3) is 0 Å². The first-order valence-electron chi connectivity index (χ1n) is 1.72. The van der Waals surface area contributed by atoms with Gasteiger partial charge in [-0.1, -0.05) is 0 Å². The van der Waals surface area contributed by atoms with E-state index in [2.05, 4.69) is 5.84 Å². The lowest BCUT2D eigenvalue weighted by atomic mass is 11.1. The summed E-state index contributed by atoms with van der Waals surface area (Å²) in [5.74, 6) is 4.60. The minimum atomic E-state index is -0.661. The summed E-state index contributed by atoms with van der Waals surface area (Å²) in [4.78, 5) is 10.0. The molecule has 0 aliphatic carbocycles. The summed E-state index contributed by atoms with van der Waals surface area (Å²) in [6.45, 7) is 0. The highest BCUT2D eigenvalue weighted by Crippen LogP contribution is 1.48. The molecule has 0 unspecified atom stereocenters. The normalized spacial score (nSPS) is 6.50. The van der Waals surface area contributed by atoms with Crippen LogP contribution in [0.25, 0.3) is 0 Å². The van der Waals surface area contributed by atoms with E-state index in [0.29, 0.717) is 0 Å². The van der Waals surface area contributed by atoms with Gasteiger partial charge in [0.1, 0.15) is 0 Å². The molecule has 44 valence electrons. The molecule has 5 N–H and O–H groups in total. The second kappa shape index (κ2) is 3.70. The van der Waals surface area contributed by atoms with Gasteiger partial charge in [0, 0.05) is 0 Å². The predicted octanol–water partition coefficient (Wildman–Crippen LogP) is -1.86. The summed E-state index contributed by atoms with van der Waals surface area (Å²) in [6, 6.07) is -0.661. The highest BCUT2D eigenvalue weighted by Gasteiger charge is 1.88. The summed E-state index contributed by atoms with van der Waals surface area (Å²) >= 11 is 0. The minimum Gasteiger partial charge on any atom is -0.275 e. The van der Waals surface area contributed by atoms with Crippen molar-refractivity contribution in [2.24, 2.45) is 5.84 Å². The van der Waals surface area contributed by atoms with Crippen LogP contribution in [0.2, 0.25) is 0 Å². The Labute approximate surface area is 45.6 Å². The van der Waals surface area contributed by atoms with Gasteiger partial charge in [0.2, 0.25) is 0 Å². The zero-order chi connectivity index (χ0) is 6.41. The van der Waals surface area contributed by atoms with Crippen LogP contribution < -0.4 is 22.1 Å². The number of rotatable bonds is 1. The lowest BCUT2D eigenvalue weighted by Gasteiger charge is -1.96. The number of hydrogen-bond acceptors (Lipinski definition) is 4. The average Bonchev–Trinajstić information content (AvgIpc) is 1.83. The fourth-order valence-corrected chi connectivity index (χ4v) is 0.121. The molecule has 0 aromatic heterocycles. The van der Waals surface area contributed by atoms with Gasteiger partial charge in [0.15, 0.2) is 6.19 Å². The molecule has 0 rings (SSSR count). The van der Waals surface area contributed by atoms with Gasteiger partial charge in [-0.2, -0.15) is 5.26 Å². The van der Waals surface area contributed by atoms with Crippen molar-refractivity contribution in [1.29, 1.82) is 5.26 Å². The number of urea groups is 1. The van der Waals surface area contributed by atoms with Crippen molar-refractivity contribution < 1.29 is 4.79 Å². The lowest BCUT2D eigenvalue weighted by molar-refractivity contribution is 0.239. The number of carbonyl (C=O) groups excluding carboxylic acids is 1. The second-order valence-electron chi connectivity index (χ2n) is 0.835. The smallest absolute Gasteiger partial charge is 0.275 e. The van der Waals surface area contributed by atoms with Crippen molar-refractivity contribution in [2.45, 2.75) is 0 Å². The van der Waals surface area contributed by atoms with Crippen LogP contribution in [-0.2, 0) is 0 Å². The fraction of sp³-hybridized carbons (Fsp3) is 0. The SMILES string of the molecule is N#CNNC(=O)NN. The third-order valence-corrected chi connectivity index (χ3v) is 0.363. The van der Waals surface area contributed by atoms with Crippen LogP contribution in [0.3, 0.4) is 0 Å². The van der Waals surface area contributed by atoms with Crippen LogP contribution in [0.1, 0.15) is 0 Å². The monoisotopic (exact) mass is 115 g/mol. The summed E-state index contributed by atoms with van der Waals surface area (Å²) in [5.41, 5.74) is 5.49. The molecule has 0 heterocycles. The molecule has 0 saturated carbocycles. The van der Waals surface area contributed by atoms with Crippen LogP contribution >= 0.6 is 0 Å². The molecule has 0 aliphatic heterocycles. The molecular formula is C2H5N5O. The molecule has 0 aliphatic rings. The maximum Gasteiger partial charge on any atom is 0.348 e. The Balaban J connectivity index is 3.15. The van der Waals surface area contributed by atoms with Crippen molar-refractivity contribution in [2.75, 3.05) is 0 Å².